The molecule has 1 unspecified atom stereocenters. The lowest BCUT2D eigenvalue weighted by atomic mass is 10.0. The van der Waals surface area contributed by atoms with Crippen LogP contribution in [-0.4, -0.2) is 50.5 Å². The molecule has 1 amide bonds. The number of amides is 1. The van der Waals surface area contributed by atoms with Crippen molar-refractivity contribution in [3.05, 3.63) is 89.5 Å². The first-order chi connectivity index (χ1) is 16.6. The van der Waals surface area contributed by atoms with E-state index in [2.05, 4.69) is 5.16 Å². The number of rotatable bonds is 9. The number of carbonyl (C=O) groups is 1. The maximum atomic E-state index is 13.5. The Bertz CT molecular complexity index is 1160. The van der Waals surface area contributed by atoms with Crippen LogP contribution in [0, 0.1) is 0 Å². The van der Waals surface area contributed by atoms with Gasteiger partial charge in [0.25, 0.3) is 5.91 Å². The molecule has 0 fully saturated rings. The Labute approximate surface area is 199 Å². The van der Waals surface area contributed by atoms with Crippen molar-refractivity contribution < 1.29 is 23.8 Å². The van der Waals surface area contributed by atoms with Crippen LogP contribution in [0.3, 0.4) is 0 Å². The summed E-state index contributed by atoms with van der Waals surface area (Å²) in [5.74, 6) is 2.09. The topological polar surface area (TPSA) is 69.6 Å². The molecule has 3 aromatic carbocycles. The van der Waals surface area contributed by atoms with Crippen LogP contribution < -0.4 is 14.2 Å². The number of para-hydroxylation sites is 1. The van der Waals surface area contributed by atoms with E-state index >= 15 is 0 Å². The summed E-state index contributed by atoms with van der Waals surface area (Å²) in [7, 11) is 4.86. The Hall–Kier alpha value is -4.00. The van der Waals surface area contributed by atoms with Crippen molar-refractivity contribution in [2.75, 3.05) is 27.9 Å². The minimum atomic E-state index is -0.271. The highest BCUT2D eigenvalue weighted by Gasteiger charge is 2.28. The third kappa shape index (κ3) is 5.31. The number of hydrogen-bond donors (Lipinski definition) is 0. The fourth-order valence-electron chi connectivity index (χ4n) is 3.94. The summed E-state index contributed by atoms with van der Waals surface area (Å²) >= 11 is 0. The highest BCUT2D eigenvalue weighted by Crippen LogP contribution is 2.26. The summed E-state index contributed by atoms with van der Waals surface area (Å²) < 4.78 is 16.0. The second kappa shape index (κ2) is 10.7. The van der Waals surface area contributed by atoms with Gasteiger partial charge in [-0.1, -0.05) is 29.4 Å². The van der Waals surface area contributed by atoms with E-state index in [1.54, 1.807) is 50.5 Å². The smallest absolute Gasteiger partial charge is 0.254 e. The van der Waals surface area contributed by atoms with E-state index in [9.17, 15) is 4.79 Å². The Morgan fingerprint density at radius 1 is 0.941 bits per heavy atom. The molecule has 7 heteroatoms. The third-order valence-electron chi connectivity index (χ3n) is 5.71. The van der Waals surface area contributed by atoms with E-state index in [0.717, 1.165) is 28.3 Å². The molecule has 0 aliphatic carbocycles. The molecule has 0 radical (unpaired) electrons. The second-order valence-electron chi connectivity index (χ2n) is 7.94. The van der Waals surface area contributed by atoms with Gasteiger partial charge in [-0.15, -0.1) is 0 Å². The van der Waals surface area contributed by atoms with E-state index in [0.29, 0.717) is 30.8 Å². The zero-order valence-electron chi connectivity index (χ0n) is 19.6. The molecular formula is C27H28N2O5. The summed E-state index contributed by atoms with van der Waals surface area (Å²) in [4.78, 5) is 21.0. The van der Waals surface area contributed by atoms with Gasteiger partial charge < -0.3 is 23.9 Å². The molecule has 0 aromatic heterocycles. The quantitative estimate of drug-likeness (QED) is 0.469. The maximum Gasteiger partial charge on any atom is 0.254 e. The van der Waals surface area contributed by atoms with Crippen LogP contribution in [-0.2, 0) is 11.4 Å². The van der Waals surface area contributed by atoms with Crippen LogP contribution in [0.5, 0.6) is 17.2 Å². The van der Waals surface area contributed by atoms with Gasteiger partial charge in [-0.3, -0.25) is 4.79 Å². The molecule has 1 aliphatic rings. The summed E-state index contributed by atoms with van der Waals surface area (Å²) in [6.07, 6.45) is 0.304. The van der Waals surface area contributed by atoms with E-state index < -0.39 is 0 Å². The molecule has 7 nitrogen and oxygen atoms in total. The molecular weight excluding hydrogens is 432 g/mol. The highest BCUT2D eigenvalue weighted by atomic mass is 16.6. The fraction of sp³-hybridized carbons (Fsp3) is 0.259. The average molecular weight is 461 g/mol. The fourth-order valence-corrected chi connectivity index (χ4v) is 3.94. The lowest BCUT2D eigenvalue weighted by Crippen LogP contribution is -2.37. The minimum Gasteiger partial charge on any atom is -0.497 e. The van der Waals surface area contributed by atoms with Gasteiger partial charge in [0.2, 0.25) is 0 Å². The summed E-state index contributed by atoms with van der Waals surface area (Å²) in [6.45, 7) is 0.788. The Balaban J connectivity index is 1.53. The van der Waals surface area contributed by atoms with Crippen LogP contribution in [0.15, 0.2) is 78.0 Å². The second-order valence-corrected chi connectivity index (χ2v) is 7.94. The molecule has 0 spiro atoms. The van der Waals surface area contributed by atoms with E-state index in [4.69, 9.17) is 19.0 Å². The van der Waals surface area contributed by atoms with Crippen molar-refractivity contribution in [2.45, 2.75) is 19.1 Å². The molecule has 0 bridgehead atoms. The van der Waals surface area contributed by atoms with Crippen molar-refractivity contribution in [2.24, 2.45) is 5.16 Å². The van der Waals surface area contributed by atoms with Gasteiger partial charge in [0.1, 0.15) is 17.2 Å². The highest BCUT2D eigenvalue weighted by molar-refractivity contribution is 6.03. The minimum absolute atomic E-state index is 0.0974. The zero-order valence-corrected chi connectivity index (χ0v) is 19.6. The van der Waals surface area contributed by atoms with E-state index in [1.165, 1.54) is 0 Å². The Kier molecular flexibility index (Phi) is 7.32. The summed E-state index contributed by atoms with van der Waals surface area (Å²) in [6, 6.07) is 22.5. The van der Waals surface area contributed by atoms with Crippen molar-refractivity contribution in [3.63, 3.8) is 0 Å². The van der Waals surface area contributed by atoms with Crippen molar-refractivity contribution in [1.82, 2.24) is 4.90 Å². The predicted octanol–water partition coefficient (Wildman–Crippen LogP) is 4.55. The van der Waals surface area contributed by atoms with Crippen LogP contribution in [0.2, 0.25) is 0 Å². The number of ether oxygens (including phenoxy) is 3. The number of nitrogens with zero attached hydrogens (tertiary/aromatic N) is 2. The normalized spacial score (nSPS) is 14.7. The SMILES string of the molecule is COc1ccc(C(=O)N(Cc2cccc(OC)c2)CC2CC(c3ccccc3OC)=NO2)cc1. The maximum absolute atomic E-state index is 13.5. The number of methoxy groups -OCH3 is 3. The van der Waals surface area contributed by atoms with Gasteiger partial charge in [0.15, 0.2) is 6.10 Å². The van der Waals surface area contributed by atoms with Crippen molar-refractivity contribution >= 4 is 11.6 Å². The largest absolute Gasteiger partial charge is 0.497 e. The molecule has 1 heterocycles. The number of carbonyl (C=O) groups excluding carboxylic acids is 1. The van der Waals surface area contributed by atoms with E-state index in [-0.39, 0.29) is 12.0 Å². The number of oxime groups is 1. The third-order valence-corrected chi connectivity index (χ3v) is 5.71. The summed E-state index contributed by atoms with van der Waals surface area (Å²) in [5.41, 5.74) is 3.24. The predicted molar refractivity (Wildman–Crippen MR) is 130 cm³/mol. The van der Waals surface area contributed by atoms with Crippen LogP contribution >= 0.6 is 0 Å². The van der Waals surface area contributed by atoms with Gasteiger partial charge in [-0.05, 0) is 54.1 Å². The van der Waals surface area contributed by atoms with Crippen LogP contribution in [0.1, 0.15) is 27.9 Å². The number of hydrogen-bond acceptors (Lipinski definition) is 6. The van der Waals surface area contributed by atoms with Crippen molar-refractivity contribution in [3.8, 4) is 17.2 Å². The molecule has 0 saturated carbocycles. The standard InChI is InChI=1S/C27H28N2O5/c1-31-21-13-11-20(12-14-21)27(30)29(17-19-7-6-8-22(15-19)32-2)18-23-16-25(28-34-23)24-9-4-5-10-26(24)33-3/h4-15,23H,16-18H2,1-3H3. The van der Waals surface area contributed by atoms with Gasteiger partial charge in [-0.25, -0.2) is 0 Å². The molecule has 1 atom stereocenters. The average Bonchev–Trinajstić information content (AvgIpc) is 3.36. The molecule has 0 saturated heterocycles. The Morgan fingerprint density at radius 3 is 2.44 bits per heavy atom. The molecule has 1 aliphatic heterocycles. The summed E-state index contributed by atoms with van der Waals surface area (Å²) in [5, 5.41) is 4.30. The van der Waals surface area contributed by atoms with Crippen LogP contribution in [0.4, 0.5) is 0 Å². The first-order valence-corrected chi connectivity index (χ1v) is 11.0. The Morgan fingerprint density at radius 2 is 1.71 bits per heavy atom. The van der Waals surface area contributed by atoms with Gasteiger partial charge in [-0.2, -0.15) is 0 Å². The molecule has 34 heavy (non-hydrogen) atoms. The van der Waals surface area contributed by atoms with Gasteiger partial charge >= 0.3 is 0 Å². The lowest BCUT2D eigenvalue weighted by Gasteiger charge is -2.25. The molecule has 3 aromatic rings. The van der Waals surface area contributed by atoms with Crippen LogP contribution in [0.25, 0.3) is 0 Å². The van der Waals surface area contributed by atoms with Gasteiger partial charge in [0, 0.05) is 24.1 Å². The number of benzene rings is 3. The lowest BCUT2D eigenvalue weighted by molar-refractivity contribution is 0.0405. The molecule has 176 valence electrons. The monoisotopic (exact) mass is 460 g/mol. The first kappa shape index (κ1) is 23.2. The van der Waals surface area contributed by atoms with Crippen molar-refractivity contribution in [1.29, 1.82) is 0 Å². The first-order valence-electron chi connectivity index (χ1n) is 11.0. The molecule has 0 N–H and O–H groups in total. The van der Waals surface area contributed by atoms with Gasteiger partial charge in [0.05, 0.1) is 33.6 Å². The van der Waals surface area contributed by atoms with E-state index in [1.807, 2.05) is 48.5 Å². The molecule has 4 rings (SSSR count). The zero-order chi connectivity index (χ0) is 23.9.